The highest BCUT2D eigenvalue weighted by atomic mass is 35.5. The molecule has 0 saturated heterocycles. The minimum absolute atomic E-state index is 0.0535. The van der Waals surface area contributed by atoms with Crippen LogP contribution in [0.15, 0.2) is 48.8 Å². The maximum Gasteiger partial charge on any atom is 0.312 e. The number of halogens is 1. The predicted octanol–water partition coefficient (Wildman–Crippen LogP) is 4.23. The van der Waals surface area contributed by atoms with Crippen LogP contribution in [0, 0.1) is 5.41 Å². The molecule has 2 aromatic rings. The van der Waals surface area contributed by atoms with Gasteiger partial charge in [0, 0.05) is 17.4 Å². The Morgan fingerprint density at radius 2 is 1.78 bits per heavy atom. The Hall–Kier alpha value is -1.87. The summed E-state index contributed by atoms with van der Waals surface area (Å²) in [6.07, 6.45) is 7.89. The van der Waals surface area contributed by atoms with Gasteiger partial charge in [-0.3, -0.25) is 9.78 Å². The lowest BCUT2D eigenvalue weighted by Gasteiger charge is -2.14. The van der Waals surface area contributed by atoms with Crippen molar-refractivity contribution < 1.29 is 9.53 Å². The third-order valence-corrected chi connectivity index (χ3v) is 4.59. The molecule has 0 atom stereocenters. The van der Waals surface area contributed by atoms with Gasteiger partial charge in [-0.05, 0) is 67.5 Å². The van der Waals surface area contributed by atoms with Gasteiger partial charge in [0.15, 0.2) is 0 Å². The first-order valence-corrected chi connectivity index (χ1v) is 8.36. The first-order chi connectivity index (χ1) is 11.2. The first kappa shape index (κ1) is 16.0. The SMILES string of the molecule is O=C(OCCCc1ccncc1)C1(Cc2ccc(Cl)cc2)CC1. The average Bonchev–Trinajstić information content (AvgIpc) is 3.35. The number of aryl methyl sites for hydroxylation is 1. The molecule has 4 heteroatoms. The van der Waals surface area contributed by atoms with E-state index in [2.05, 4.69) is 4.98 Å². The Bertz CT molecular complexity index is 651. The molecule has 0 spiro atoms. The van der Waals surface area contributed by atoms with Crippen LogP contribution in [0.4, 0.5) is 0 Å². The molecule has 1 saturated carbocycles. The summed E-state index contributed by atoms with van der Waals surface area (Å²) in [5.74, 6) is -0.0535. The molecule has 1 aliphatic rings. The molecule has 3 rings (SSSR count). The van der Waals surface area contributed by atoms with Crippen LogP contribution in [0.5, 0.6) is 0 Å². The zero-order chi connectivity index (χ0) is 16.1. The zero-order valence-electron chi connectivity index (χ0n) is 13.0. The number of benzene rings is 1. The number of esters is 1. The minimum atomic E-state index is -0.301. The fourth-order valence-corrected chi connectivity index (χ4v) is 2.87. The van der Waals surface area contributed by atoms with E-state index in [1.807, 2.05) is 36.4 Å². The molecule has 0 amide bonds. The van der Waals surface area contributed by atoms with Crippen LogP contribution in [0.2, 0.25) is 5.02 Å². The van der Waals surface area contributed by atoms with Gasteiger partial charge >= 0.3 is 5.97 Å². The normalized spacial score (nSPS) is 15.2. The molecule has 1 aromatic carbocycles. The van der Waals surface area contributed by atoms with Gasteiger partial charge in [0.05, 0.1) is 12.0 Å². The highest BCUT2D eigenvalue weighted by Crippen LogP contribution is 2.49. The second-order valence-corrected chi connectivity index (χ2v) is 6.61. The van der Waals surface area contributed by atoms with E-state index < -0.39 is 0 Å². The standard InChI is InChI=1S/C19H20ClNO2/c20-17-5-3-16(4-6-17)14-19(9-10-19)18(22)23-13-1-2-15-7-11-21-12-8-15/h3-8,11-12H,1-2,9-10,13-14H2. The summed E-state index contributed by atoms with van der Waals surface area (Å²) in [4.78, 5) is 16.3. The number of carbonyl (C=O) groups excluding carboxylic acids is 1. The van der Waals surface area contributed by atoms with Crippen molar-refractivity contribution in [2.24, 2.45) is 5.41 Å². The summed E-state index contributed by atoms with van der Waals surface area (Å²) >= 11 is 5.90. The third kappa shape index (κ3) is 4.32. The molecule has 0 radical (unpaired) electrons. The smallest absolute Gasteiger partial charge is 0.312 e. The van der Waals surface area contributed by atoms with E-state index in [1.54, 1.807) is 12.4 Å². The van der Waals surface area contributed by atoms with E-state index in [4.69, 9.17) is 16.3 Å². The van der Waals surface area contributed by atoms with Crippen LogP contribution in [0.1, 0.15) is 30.4 Å². The minimum Gasteiger partial charge on any atom is -0.465 e. The predicted molar refractivity (Wildman–Crippen MR) is 90.3 cm³/mol. The number of hydrogen-bond acceptors (Lipinski definition) is 3. The van der Waals surface area contributed by atoms with E-state index in [0.717, 1.165) is 42.7 Å². The molecular weight excluding hydrogens is 310 g/mol. The Balaban J connectivity index is 1.45. The lowest BCUT2D eigenvalue weighted by Crippen LogP contribution is -2.22. The molecule has 0 N–H and O–H groups in total. The van der Waals surface area contributed by atoms with E-state index >= 15 is 0 Å². The zero-order valence-corrected chi connectivity index (χ0v) is 13.8. The average molecular weight is 330 g/mol. The fourth-order valence-electron chi connectivity index (χ4n) is 2.74. The molecular formula is C19H20ClNO2. The van der Waals surface area contributed by atoms with Crippen LogP contribution in [-0.4, -0.2) is 17.6 Å². The summed E-state index contributed by atoms with van der Waals surface area (Å²) < 4.78 is 5.51. The van der Waals surface area contributed by atoms with Gasteiger partial charge in [0.1, 0.15) is 0 Å². The Morgan fingerprint density at radius 1 is 1.09 bits per heavy atom. The van der Waals surface area contributed by atoms with Gasteiger partial charge in [0.2, 0.25) is 0 Å². The summed E-state index contributed by atoms with van der Waals surface area (Å²) in [5.41, 5.74) is 2.06. The summed E-state index contributed by atoms with van der Waals surface area (Å²) in [6, 6.07) is 11.7. The third-order valence-electron chi connectivity index (χ3n) is 4.33. The Kier molecular flexibility index (Phi) is 4.97. The van der Waals surface area contributed by atoms with E-state index in [-0.39, 0.29) is 11.4 Å². The monoisotopic (exact) mass is 329 g/mol. The lowest BCUT2D eigenvalue weighted by atomic mass is 9.97. The van der Waals surface area contributed by atoms with Gasteiger partial charge in [-0.1, -0.05) is 23.7 Å². The van der Waals surface area contributed by atoms with E-state index in [9.17, 15) is 4.79 Å². The summed E-state index contributed by atoms with van der Waals surface area (Å²) in [7, 11) is 0. The van der Waals surface area contributed by atoms with Crippen LogP contribution in [0.25, 0.3) is 0 Å². The van der Waals surface area contributed by atoms with Crippen molar-refractivity contribution in [3.63, 3.8) is 0 Å². The first-order valence-electron chi connectivity index (χ1n) is 7.99. The lowest BCUT2D eigenvalue weighted by molar-refractivity contribution is -0.150. The molecule has 1 heterocycles. The molecule has 0 aliphatic heterocycles. The molecule has 1 aromatic heterocycles. The second-order valence-electron chi connectivity index (χ2n) is 6.18. The molecule has 0 unspecified atom stereocenters. The highest BCUT2D eigenvalue weighted by Gasteiger charge is 2.51. The molecule has 120 valence electrons. The summed E-state index contributed by atoms with van der Waals surface area (Å²) in [5, 5.41) is 0.720. The topological polar surface area (TPSA) is 39.2 Å². The summed E-state index contributed by atoms with van der Waals surface area (Å²) in [6.45, 7) is 0.476. The van der Waals surface area contributed by atoms with Crippen molar-refractivity contribution in [1.29, 1.82) is 0 Å². The fraction of sp³-hybridized carbons (Fsp3) is 0.368. The van der Waals surface area contributed by atoms with Crippen molar-refractivity contribution in [3.05, 3.63) is 64.9 Å². The van der Waals surface area contributed by atoms with Crippen LogP contribution in [-0.2, 0) is 22.4 Å². The maximum absolute atomic E-state index is 12.4. The Morgan fingerprint density at radius 3 is 2.43 bits per heavy atom. The molecule has 1 fully saturated rings. The van der Waals surface area contributed by atoms with Crippen molar-refractivity contribution >= 4 is 17.6 Å². The van der Waals surface area contributed by atoms with Crippen molar-refractivity contribution in [2.45, 2.75) is 32.1 Å². The number of hydrogen-bond donors (Lipinski definition) is 0. The number of ether oxygens (including phenoxy) is 1. The maximum atomic E-state index is 12.4. The van der Waals surface area contributed by atoms with Gasteiger partial charge in [-0.2, -0.15) is 0 Å². The molecule has 1 aliphatic carbocycles. The largest absolute Gasteiger partial charge is 0.465 e. The van der Waals surface area contributed by atoms with E-state index in [0.29, 0.717) is 6.61 Å². The Labute approximate surface area is 141 Å². The number of pyridine rings is 1. The number of carbonyl (C=O) groups is 1. The number of rotatable bonds is 7. The quantitative estimate of drug-likeness (QED) is 0.563. The molecule has 3 nitrogen and oxygen atoms in total. The van der Waals surface area contributed by atoms with Crippen molar-refractivity contribution in [1.82, 2.24) is 4.98 Å². The van der Waals surface area contributed by atoms with Crippen LogP contribution in [0.3, 0.4) is 0 Å². The number of aromatic nitrogens is 1. The highest BCUT2D eigenvalue weighted by molar-refractivity contribution is 6.30. The second kappa shape index (κ2) is 7.14. The molecule has 23 heavy (non-hydrogen) atoms. The van der Waals surface area contributed by atoms with Gasteiger partial charge in [0.25, 0.3) is 0 Å². The van der Waals surface area contributed by atoms with Gasteiger partial charge in [-0.25, -0.2) is 0 Å². The van der Waals surface area contributed by atoms with Gasteiger partial charge in [-0.15, -0.1) is 0 Å². The van der Waals surface area contributed by atoms with Crippen molar-refractivity contribution in [2.75, 3.05) is 6.61 Å². The van der Waals surface area contributed by atoms with E-state index in [1.165, 1.54) is 5.56 Å². The van der Waals surface area contributed by atoms with Crippen LogP contribution < -0.4 is 0 Å². The molecule has 0 bridgehead atoms. The van der Waals surface area contributed by atoms with Crippen molar-refractivity contribution in [3.8, 4) is 0 Å². The van der Waals surface area contributed by atoms with Crippen LogP contribution >= 0.6 is 11.6 Å². The van der Waals surface area contributed by atoms with Gasteiger partial charge < -0.3 is 4.74 Å². The number of nitrogens with zero attached hydrogens (tertiary/aromatic N) is 1.